The second kappa shape index (κ2) is 10.8. The van der Waals surface area contributed by atoms with E-state index in [-0.39, 0.29) is 28.6 Å². The Morgan fingerprint density at radius 2 is 1.87 bits per heavy atom. The fraction of sp³-hybridized carbons (Fsp3) is 0.440. The number of nitrogens with zero attached hydrogens (tertiary/aromatic N) is 4. The van der Waals surface area contributed by atoms with Crippen molar-refractivity contribution in [2.45, 2.75) is 24.7 Å². The smallest absolute Gasteiger partial charge is 0.246 e. The van der Waals surface area contributed by atoms with Gasteiger partial charge in [0.05, 0.1) is 30.0 Å². The highest BCUT2D eigenvalue weighted by molar-refractivity contribution is 7.93. The molecule has 2 N–H and O–H groups in total. The first-order chi connectivity index (χ1) is 18.6. The Kier molecular flexibility index (Phi) is 7.55. The first-order valence-corrected chi connectivity index (χ1v) is 15.9. The van der Waals surface area contributed by atoms with Gasteiger partial charge in [0.1, 0.15) is 10.6 Å². The molecule has 2 aliphatic heterocycles. The van der Waals surface area contributed by atoms with E-state index >= 15 is 0 Å². The van der Waals surface area contributed by atoms with Gasteiger partial charge in [0.2, 0.25) is 26.0 Å². The van der Waals surface area contributed by atoms with Crippen molar-refractivity contribution in [3.63, 3.8) is 0 Å². The molecule has 1 amide bonds. The van der Waals surface area contributed by atoms with Crippen LogP contribution in [0.5, 0.6) is 5.75 Å². The summed E-state index contributed by atoms with van der Waals surface area (Å²) in [7, 11) is -5.22. The Hall–Kier alpha value is -3.20. The molecular weight excluding hydrogens is 544 g/mol. The number of carbonyl (C=O) groups is 1. The lowest BCUT2D eigenvalue weighted by molar-refractivity contribution is -0.115. The number of hydrogen-bond acceptors (Lipinski definition) is 8. The van der Waals surface area contributed by atoms with E-state index in [1.54, 1.807) is 37.3 Å². The minimum absolute atomic E-state index is 0.0425. The normalized spacial score (nSPS) is 18.5. The summed E-state index contributed by atoms with van der Waals surface area (Å²) in [5.41, 5.74) is 1.67. The van der Waals surface area contributed by atoms with Crippen molar-refractivity contribution in [2.24, 2.45) is 0 Å². The van der Waals surface area contributed by atoms with Gasteiger partial charge in [0.25, 0.3) is 0 Å². The number of likely N-dealkylation sites (N-methyl/N-ethyl adjacent to an activating group) is 1. The van der Waals surface area contributed by atoms with Crippen LogP contribution >= 0.6 is 0 Å². The van der Waals surface area contributed by atoms with Gasteiger partial charge in [0.15, 0.2) is 5.82 Å². The van der Waals surface area contributed by atoms with Crippen LogP contribution in [-0.2, 0) is 31.3 Å². The molecular formula is C25H32N6O6S2. The number of ether oxygens (including phenoxy) is 1. The number of carbonyl (C=O) groups excluding carboxylic acids is 1. The van der Waals surface area contributed by atoms with E-state index in [0.29, 0.717) is 67.9 Å². The summed E-state index contributed by atoms with van der Waals surface area (Å²) >= 11 is 0. The van der Waals surface area contributed by atoms with Crippen LogP contribution in [0.1, 0.15) is 18.9 Å². The molecule has 2 fully saturated rings. The molecule has 0 atom stereocenters. The highest BCUT2D eigenvalue weighted by atomic mass is 32.2. The fourth-order valence-corrected chi connectivity index (χ4v) is 8.01. The number of nitrogens with one attached hydrogen (secondary N) is 2. The number of fused-ring (bicyclic) bond motifs is 1. The third-order valence-electron chi connectivity index (χ3n) is 6.94. The maximum atomic E-state index is 13.5. The van der Waals surface area contributed by atoms with Gasteiger partial charge in [-0.1, -0.05) is 6.07 Å². The Bertz CT molecular complexity index is 1600. The van der Waals surface area contributed by atoms with Crippen LogP contribution in [-0.4, -0.2) is 94.3 Å². The highest BCUT2D eigenvalue weighted by Gasteiger charge is 2.31. The molecule has 39 heavy (non-hydrogen) atoms. The SMILES string of the molecule is CCOc1ccc(CC(=O)Nc2n[nH]c3ccc(N4CCCS4(=O)=O)cc23)cc1S(=O)(=O)N1CCN(C)CC1. The number of piperazine rings is 1. The fourth-order valence-electron chi connectivity index (χ4n) is 4.85. The molecule has 12 nitrogen and oxygen atoms in total. The minimum atomic E-state index is -3.82. The summed E-state index contributed by atoms with van der Waals surface area (Å²) in [6.07, 6.45) is 0.468. The average molecular weight is 577 g/mol. The number of anilines is 2. The standard InChI is InChI=1S/C25H32N6O6S2/c1-3-37-22-8-5-18(15-23(22)39(35,36)30-12-10-29(2)11-13-30)16-24(32)26-25-20-17-19(6-7-21(20)27-28-25)31-9-4-14-38(31,33)34/h5-8,15,17H,3-4,9-14,16H2,1-2H3,(H2,26,27,28,32). The number of H-pyrrole nitrogens is 1. The molecule has 0 radical (unpaired) electrons. The van der Waals surface area contributed by atoms with Crippen molar-refractivity contribution in [3.8, 4) is 5.75 Å². The molecule has 14 heteroatoms. The lowest BCUT2D eigenvalue weighted by Crippen LogP contribution is -2.47. The van der Waals surface area contributed by atoms with E-state index in [2.05, 4.69) is 20.4 Å². The Morgan fingerprint density at radius 1 is 1.10 bits per heavy atom. The molecule has 0 unspecified atom stereocenters. The summed E-state index contributed by atoms with van der Waals surface area (Å²) in [5, 5.41) is 10.4. The number of aromatic nitrogens is 2. The lowest BCUT2D eigenvalue weighted by atomic mass is 10.1. The Balaban J connectivity index is 1.37. The summed E-state index contributed by atoms with van der Waals surface area (Å²) in [4.78, 5) is 15.1. The number of rotatable bonds is 8. The van der Waals surface area contributed by atoms with Gasteiger partial charge < -0.3 is 15.0 Å². The zero-order valence-corrected chi connectivity index (χ0v) is 23.5. The molecule has 2 saturated heterocycles. The van der Waals surface area contributed by atoms with E-state index in [9.17, 15) is 21.6 Å². The van der Waals surface area contributed by atoms with Crippen molar-refractivity contribution in [3.05, 3.63) is 42.0 Å². The monoisotopic (exact) mass is 576 g/mol. The minimum Gasteiger partial charge on any atom is -0.492 e. The molecule has 3 aromatic rings. The Labute approximate surface area is 228 Å². The molecule has 0 saturated carbocycles. The van der Waals surface area contributed by atoms with Gasteiger partial charge in [0, 0.05) is 38.1 Å². The van der Waals surface area contributed by atoms with Gasteiger partial charge in [-0.05, 0) is 56.3 Å². The zero-order valence-electron chi connectivity index (χ0n) is 21.9. The topological polar surface area (TPSA) is 145 Å². The number of amides is 1. The van der Waals surface area contributed by atoms with E-state index in [0.717, 1.165) is 0 Å². The maximum Gasteiger partial charge on any atom is 0.246 e. The molecule has 3 heterocycles. The molecule has 0 aliphatic carbocycles. The first kappa shape index (κ1) is 27.4. The van der Waals surface area contributed by atoms with Crippen LogP contribution in [0.2, 0.25) is 0 Å². The Morgan fingerprint density at radius 3 is 2.56 bits per heavy atom. The van der Waals surface area contributed by atoms with E-state index in [1.807, 2.05) is 7.05 Å². The van der Waals surface area contributed by atoms with Crippen molar-refractivity contribution in [1.82, 2.24) is 19.4 Å². The van der Waals surface area contributed by atoms with Crippen molar-refractivity contribution >= 4 is 48.4 Å². The van der Waals surface area contributed by atoms with Gasteiger partial charge in [-0.25, -0.2) is 16.8 Å². The van der Waals surface area contributed by atoms with E-state index < -0.39 is 26.0 Å². The predicted molar refractivity (Wildman–Crippen MR) is 148 cm³/mol. The van der Waals surface area contributed by atoms with Gasteiger partial charge in [-0.2, -0.15) is 9.40 Å². The quantitative estimate of drug-likeness (QED) is 0.412. The van der Waals surface area contributed by atoms with Crippen LogP contribution in [0.3, 0.4) is 0 Å². The molecule has 1 aromatic heterocycles. The van der Waals surface area contributed by atoms with Crippen molar-refractivity contribution in [2.75, 3.05) is 61.8 Å². The zero-order chi connectivity index (χ0) is 27.8. The summed E-state index contributed by atoms with van der Waals surface area (Å²) in [6.45, 7) is 4.52. The van der Waals surface area contributed by atoms with E-state index in [1.165, 1.54) is 14.7 Å². The molecule has 210 valence electrons. The van der Waals surface area contributed by atoms with Crippen LogP contribution in [0.4, 0.5) is 11.5 Å². The van der Waals surface area contributed by atoms with Gasteiger partial charge in [-0.15, -0.1) is 0 Å². The number of benzene rings is 2. The number of sulfonamides is 2. The van der Waals surface area contributed by atoms with Crippen LogP contribution in [0.15, 0.2) is 41.3 Å². The molecule has 2 aromatic carbocycles. The van der Waals surface area contributed by atoms with Crippen LogP contribution in [0, 0.1) is 0 Å². The van der Waals surface area contributed by atoms with Gasteiger partial charge >= 0.3 is 0 Å². The average Bonchev–Trinajstić information content (AvgIpc) is 3.46. The second-order valence-electron chi connectivity index (χ2n) is 9.69. The van der Waals surface area contributed by atoms with Crippen molar-refractivity contribution < 1.29 is 26.4 Å². The maximum absolute atomic E-state index is 13.5. The summed E-state index contributed by atoms with van der Waals surface area (Å²) < 4.78 is 60.1. The third-order valence-corrected chi connectivity index (χ3v) is 10.7. The number of hydrogen-bond donors (Lipinski definition) is 2. The predicted octanol–water partition coefficient (Wildman–Crippen LogP) is 1.62. The third kappa shape index (κ3) is 5.60. The van der Waals surface area contributed by atoms with Gasteiger partial charge in [-0.3, -0.25) is 14.2 Å². The number of aromatic amines is 1. The molecule has 0 spiro atoms. The summed E-state index contributed by atoms with van der Waals surface area (Å²) in [5.74, 6) is 0.233. The molecule has 0 bridgehead atoms. The largest absolute Gasteiger partial charge is 0.492 e. The lowest BCUT2D eigenvalue weighted by Gasteiger charge is -2.32. The highest BCUT2D eigenvalue weighted by Crippen LogP contribution is 2.31. The second-order valence-corrected chi connectivity index (χ2v) is 13.6. The van der Waals surface area contributed by atoms with Crippen LogP contribution in [0.25, 0.3) is 10.9 Å². The molecule has 2 aliphatic rings. The molecule has 5 rings (SSSR count). The van der Waals surface area contributed by atoms with Crippen molar-refractivity contribution in [1.29, 1.82) is 0 Å². The first-order valence-electron chi connectivity index (χ1n) is 12.8. The summed E-state index contributed by atoms with van der Waals surface area (Å²) in [6, 6.07) is 9.88. The van der Waals surface area contributed by atoms with E-state index in [4.69, 9.17) is 4.74 Å². The van der Waals surface area contributed by atoms with Crippen LogP contribution < -0.4 is 14.4 Å².